The quantitative estimate of drug-likeness (QED) is 0.511. The number of rotatable bonds is 2. The standard InChI is InChI=1S/C19H14O4/c1-11-6-7-13-14(10-18(20)22-16(13)8-11)17-9-12-4-3-5-15(21-2)19(12)23-17/h3-10H,1-2H3. The Morgan fingerprint density at radius 3 is 2.70 bits per heavy atom. The molecule has 0 radical (unpaired) electrons. The molecule has 0 saturated carbocycles. The predicted molar refractivity (Wildman–Crippen MR) is 89.0 cm³/mol. The zero-order chi connectivity index (χ0) is 16.0. The molecule has 0 spiro atoms. The minimum absolute atomic E-state index is 0.398. The summed E-state index contributed by atoms with van der Waals surface area (Å²) < 4.78 is 16.6. The normalized spacial score (nSPS) is 11.2. The van der Waals surface area contributed by atoms with Gasteiger partial charge in [-0.25, -0.2) is 4.79 Å². The lowest BCUT2D eigenvalue weighted by Gasteiger charge is -2.03. The van der Waals surface area contributed by atoms with E-state index in [-0.39, 0.29) is 0 Å². The molecule has 2 heterocycles. The smallest absolute Gasteiger partial charge is 0.336 e. The molecule has 0 unspecified atom stereocenters. The molecular formula is C19H14O4. The van der Waals surface area contributed by atoms with Crippen LogP contribution in [0.1, 0.15) is 5.56 Å². The van der Waals surface area contributed by atoms with Crippen LogP contribution in [0.15, 0.2) is 62.2 Å². The lowest BCUT2D eigenvalue weighted by Crippen LogP contribution is -1.97. The zero-order valence-electron chi connectivity index (χ0n) is 12.8. The van der Waals surface area contributed by atoms with Crippen LogP contribution >= 0.6 is 0 Å². The van der Waals surface area contributed by atoms with Gasteiger partial charge in [0.05, 0.1) is 7.11 Å². The Hall–Kier alpha value is -3.01. The van der Waals surface area contributed by atoms with Gasteiger partial charge in [0.15, 0.2) is 11.3 Å². The topological polar surface area (TPSA) is 52.6 Å². The number of hydrogen-bond acceptors (Lipinski definition) is 4. The van der Waals surface area contributed by atoms with Crippen LogP contribution in [0.25, 0.3) is 33.3 Å². The first-order valence-electron chi connectivity index (χ1n) is 7.27. The second-order valence-electron chi connectivity index (χ2n) is 5.47. The maximum Gasteiger partial charge on any atom is 0.336 e. The highest BCUT2D eigenvalue weighted by molar-refractivity contribution is 5.95. The van der Waals surface area contributed by atoms with Crippen LogP contribution in [0.3, 0.4) is 0 Å². The summed E-state index contributed by atoms with van der Waals surface area (Å²) in [5.41, 5.74) is 2.57. The molecule has 0 fully saturated rings. The maximum absolute atomic E-state index is 11.9. The number of aryl methyl sites for hydroxylation is 1. The molecule has 0 N–H and O–H groups in total. The lowest BCUT2D eigenvalue weighted by atomic mass is 10.1. The first-order valence-corrected chi connectivity index (χ1v) is 7.27. The molecule has 0 amide bonds. The molecule has 0 aliphatic heterocycles. The minimum atomic E-state index is -0.398. The van der Waals surface area contributed by atoms with E-state index in [4.69, 9.17) is 13.6 Å². The Bertz CT molecular complexity index is 1090. The van der Waals surface area contributed by atoms with Crippen molar-refractivity contribution in [1.82, 2.24) is 0 Å². The monoisotopic (exact) mass is 306 g/mol. The van der Waals surface area contributed by atoms with Crippen molar-refractivity contribution in [3.63, 3.8) is 0 Å². The number of benzene rings is 2. The van der Waals surface area contributed by atoms with Gasteiger partial charge in [0.25, 0.3) is 0 Å². The summed E-state index contributed by atoms with van der Waals surface area (Å²) in [5.74, 6) is 1.28. The minimum Gasteiger partial charge on any atom is -0.493 e. The van der Waals surface area contributed by atoms with Gasteiger partial charge in [0.1, 0.15) is 11.3 Å². The molecule has 2 aromatic heterocycles. The third-order valence-corrected chi connectivity index (χ3v) is 3.89. The average Bonchev–Trinajstić information content (AvgIpc) is 2.97. The molecule has 23 heavy (non-hydrogen) atoms. The average molecular weight is 306 g/mol. The molecule has 0 aliphatic rings. The maximum atomic E-state index is 11.9. The summed E-state index contributed by atoms with van der Waals surface area (Å²) in [6, 6.07) is 14.8. The Morgan fingerprint density at radius 2 is 1.87 bits per heavy atom. The fourth-order valence-corrected chi connectivity index (χ4v) is 2.80. The van der Waals surface area contributed by atoms with Crippen molar-refractivity contribution in [2.75, 3.05) is 7.11 Å². The van der Waals surface area contributed by atoms with Crippen molar-refractivity contribution in [2.45, 2.75) is 6.92 Å². The molecular weight excluding hydrogens is 292 g/mol. The van der Waals surface area contributed by atoms with Crippen molar-refractivity contribution in [3.05, 3.63) is 64.5 Å². The van der Waals surface area contributed by atoms with Crippen molar-refractivity contribution in [2.24, 2.45) is 0 Å². The molecule has 0 aliphatic carbocycles. The molecule has 4 rings (SSSR count). The van der Waals surface area contributed by atoms with Crippen molar-refractivity contribution in [3.8, 4) is 17.1 Å². The van der Waals surface area contributed by atoms with E-state index >= 15 is 0 Å². The molecule has 2 aromatic carbocycles. The Kier molecular flexibility index (Phi) is 2.98. The van der Waals surface area contributed by atoms with Crippen LogP contribution in [0.2, 0.25) is 0 Å². The van der Waals surface area contributed by atoms with Crippen molar-refractivity contribution in [1.29, 1.82) is 0 Å². The number of ether oxygens (including phenoxy) is 1. The third-order valence-electron chi connectivity index (χ3n) is 3.89. The van der Waals surface area contributed by atoms with E-state index < -0.39 is 5.63 Å². The van der Waals surface area contributed by atoms with Crippen LogP contribution < -0.4 is 10.4 Å². The van der Waals surface area contributed by atoms with E-state index in [9.17, 15) is 4.79 Å². The zero-order valence-corrected chi connectivity index (χ0v) is 12.8. The molecule has 4 heteroatoms. The number of fused-ring (bicyclic) bond motifs is 2. The molecule has 114 valence electrons. The van der Waals surface area contributed by atoms with Crippen LogP contribution in [0.4, 0.5) is 0 Å². The highest BCUT2D eigenvalue weighted by Crippen LogP contribution is 2.35. The summed E-state index contributed by atoms with van der Waals surface area (Å²) in [6.45, 7) is 1.96. The van der Waals surface area contributed by atoms with Crippen molar-refractivity contribution >= 4 is 21.9 Å². The van der Waals surface area contributed by atoms with Crippen LogP contribution in [0.5, 0.6) is 5.75 Å². The van der Waals surface area contributed by atoms with Crippen LogP contribution in [0, 0.1) is 6.92 Å². The number of methoxy groups -OCH3 is 1. The van der Waals surface area contributed by atoms with E-state index in [0.29, 0.717) is 22.7 Å². The van der Waals surface area contributed by atoms with Gasteiger partial charge in [0, 0.05) is 22.4 Å². The third kappa shape index (κ3) is 2.19. The largest absolute Gasteiger partial charge is 0.493 e. The summed E-state index contributed by atoms with van der Waals surface area (Å²) in [6.07, 6.45) is 0. The van der Waals surface area contributed by atoms with Gasteiger partial charge < -0.3 is 13.6 Å². The Labute approximate surface area is 131 Å². The molecule has 4 aromatic rings. The summed E-state index contributed by atoms with van der Waals surface area (Å²) in [5, 5.41) is 1.76. The van der Waals surface area contributed by atoms with Gasteiger partial charge in [-0.05, 0) is 30.7 Å². The fourth-order valence-electron chi connectivity index (χ4n) is 2.80. The molecule has 0 bridgehead atoms. The molecule has 4 nitrogen and oxygen atoms in total. The van der Waals surface area contributed by atoms with Gasteiger partial charge >= 0.3 is 5.63 Å². The van der Waals surface area contributed by atoms with Crippen molar-refractivity contribution < 1.29 is 13.6 Å². The SMILES string of the molecule is COc1cccc2cc(-c3cc(=O)oc4cc(C)ccc34)oc12. The second-order valence-corrected chi connectivity index (χ2v) is 5.47. The fraction of sp³-hybridized carbons (Fsp3) is 0.105. The first kappa shape index (κ1) is 13.6. The Morgan fingerprint density at radius 1 is 1.00 bits per heavy atom. The Balaban J connectivity index is 2.04. The predicted octanol–water partition coefficient (Wildman–Crippen LogP) is 4.52. The van der Waals surface area contributed by atoms with Gasteiger partial charge in [-0.15, -0.1) is 0 Å². The van der Waals surface area contributed by atoms with E-state index in [1.54, 1.807) is 7.11 Å². The highest BCUT2D eigenvalue weighted by Gasteiger charge is 2.14. The van der Waals surface area contributed by atoms with Gasteiger partial charge in [-0.1, -0.05) is 24.3 Å². The highest BCUT2D eigenvalue weighted by atomic mass is 16.5. The van der Waals surface area contributed by atoms with Gasteiger partial charge in [-0.2, -0.15) is 0 Å². The molecule has 0 atom stereocenters. The van der Waals surface area contributed by atoms with Gasteiger partial charge in [0.2, 0.25) is 0 Å². The van der Waals surface area contributed by atoms with E-state index in [2.05, 4.69) is 0 Å². The van der Waals surface area contributed by atoms with E-state index in [1.807, 2.05) is 49.4 Å². The van der Waals surface area contributed by atoms with E-state index in [1.165, 1.54) is 6.07 Å². The number of hydrogen-bond donors (Lipinski definition) is 0. The number of para-hydroxylation sites is 1. The van der Waals surface area contributed by atoms with Gasteiger partial charge in [-0.3, -0.25) is 0 Å². The summed E-state index contributed by atoms with van der Waals surface area (Å²) >= 11 is 0. The number of furan rings is 1. The van der Waals surface area contributed by atoms with Crippen LogP contribution in [-0.4, -0.2) is 7.11 Å². The molecule has 0 saturated heterocycles. The van der Waals surface area contributed by atoms with Crippen LogP contribution in [-0.2, 0) is 0 Å². The summed E-state index contributed by atoms with van der Waals surface area (Å²) in [7, 11) is 1.60. The first-order chi connectivity index (χ1) is 11.2. The second kappa shape index (κ2) is 5.02. The lowest BCUT2D eigenvalue weighted by molar-refractivity contribution is 0.411. The summed E-state index contributed by atoms with van der Waals surface area (Å²) in [4.78, 5) is 11.9. The van der Waals surface area contributed by atoms with E-state index in [0.717, 1.165) is 21.9 Å².